The monoisotopic (exact) mass is 421 g/mol. The van der Waals surface area contributed by atoms with Crippen molar-refractivity contribution in [2.75, 3.05) is 11.9 Å². The van der Waals surface area contributed by atoms with E-state index in [1.54, 1.807) is 42.1 Å². The smallest absolute Gasteiger partial charge is 0.331 e. The third kappa shape index (κ3) is 5.06. The van der Waals surface area contributed by atoms with Gasteiger partial charge in [-0.15, -0.1) is 0 Å². The van der Waals surface area contributed by atoms with Crippen LogP contribution in [0.25, 0.3) is 11.8 Å². The second-order valence-corrected chi connectivity index (χ2v) is 7.12. The fraction of sp³-hybridized carbons (Fsp3) is 0.208. The quantitative estimate of drug-likeness (QED) is 0.441. The van der Waals surface area contributed by atoms with Crippen LogP contribution in [0.15, 0.2) is 60.7 Å². The highest BCUT2D eigenvalue weighted by Crippen LogP contribution is 2.20. The highest BCUT2D eigenvalue weighted by Gasteiger charge is 2.21. The summed E-state index contributed by atoms with van der Waals surface area (Å²) in [6.45, 7) is 5.21. The summed E-state index contributed by atoms with van der Waals surface area (Å²) in [5.74, 6) is -1.28. The molecule has 6 nitrogen and oxygen atoms in total. The Kier molecular flexibility index (Phi) is 6.65. The number of esters is 1. The third-order valence-electron chi connectivity index (χ3n) is 4.92. The van der Waals surface area contributed by atoms with Gasteiger partial charge in [-0.25, -0.2) is 13.9 Å². The van der Waals surface area contributed by atoms with Crippen molar-refractivity contribution >= 4 is 23.6 Å². The highest BCUT2D eigenvalue weighted by molar-refractivity contribution is 5.98. The van der Waals surface area contributed by atoms with E-state index in [4.69, 9.17) is 4.74 Å². The number of nitrogens with zero attached hydrogens (tertiary/aromatic N) is 3. The van der Waals surface area contributed by atoms with Crippen LogP contribution in [0.5, 0.6) is 0 Å². The van der Waals surface area contributed by atoms with Crippen LogP contribution >= 0.6 is 0 Å². The topological polar surface area (TPSA) is 64.4 Å². The molecule has 0 aliphatic rings. The Labute approximate surface area is 180 Å². The van der Waals surface area contributed by atoms with Gasteiger partial charge >= 0.3 is 5.97 Å². The summed E-state index contributed by atoms with van der Waals surface area (Å²) >= 11 is 0. The maximum Gasteiger partial charge on any atom is 0.331 e. The second-order valence-electron chi connectivity index (χ2n) is 7.12. The number of para-hydroxylation sites is 1. The summed E-state index contributed by atoms with van der Waals surface area (Å²) < 4.78 is 20.1. The molecule has 1 heterocycles. The average Bonchev–Trinajstić information content (AvgIpc) is 3.05. The van der Waals surface area contributed by atoms with Gasteiger partial charge in [-0.05, 0) is 63.2 Å². The van der Waals surface area contributed by atoms with Gasteiger partial charge in [0.2, 0.25) is 0 Å². The Morgan fingerprint density at radius 3 is 2.39 bits per heavy atom. The first-order chi connectivity index (χ1) is 14.8. The minimum absolute atomic E-state index is 0.324. The van der Waals surface area contributed by atoms with Crippen LogP contribution in [0.3, 0.4) is 0 Å². The van der Waals surface area contributed by atoms with Crippen molar-refractivity contribution in [2.45, 2.75) is 26.9 Å². The van der Waals surface area contributed by atoms with E-state index in [0.29, 0.717) is 17.1 Å². The summed E-state index contributed by atoms with van der Waals surface area (Å²) in [7, 11) is 1.63. The van der Waals surface area contributed by atoms with Crippen LogP contribution in [-0.4, -0.2) is 34.8 Å². The molecular weight excluding hydrogens is 397 g/mol. The zero-order chi connectivity index (χ0) is 22.5. The number of hydrogen-bond donors (Lipinski definition) is 0. The molecule has 1 unspecified atom stereocenters. The van der Waals surface area contributed by atoms with Crippen LogP contribution in [0.2, 0.25) is 0 Å². The zero-order valence-electron chi connectivity index (χ0n) is 17.9. The predicted molar refractivity (Wildman–Crippen MR) is 117 cm³/mol. The van der Waals surface area contributed by atoms with Gasteiger partial charge in [0.15, 0.2) is 6.10 Å². The lowest BCUT2D eigenvalue weighted by atomic mass is 10.2. The van der Waals surface area contributed by atoms with Gasteiger partial charge in [-0.1, -0.05) is 18.2 Å². The van der Waals surface area contributed by atoms with Crippen molar-refractivity contribution in [3.8, 4) is 5.69 Å². The van der Waals surface area contributed by atoms with E-state index < -0.39 is 12.1 Å². The minimum atomic E-state index is -0.938. The SMILES string of the molecule is Cc1nn(-c2ccc(F)cc2)c(C)c1/C=C/C(=O)OC(C)C(=O)N(C)c1ccccc1. The number of amides is 1. The normalized spacial score (nSPS) is 12.0. The molecule has 7 heteroatoms. The summed E-state index contributed by atoms with van der Waals surface area (Å²) in [6.07, 6.45) is 1.95. The van der Waals surface area contributed by atoms with E-state index in [-0.39, 0.29) is 11.7 Å². The molecule has 3 rings (SSSR count). The number of hydrogen-bond acceptors (Lipinski definition) is 4. The van der Waals surface area contributed by atoms with Gasteiger partial charge < -0.3 is 9.64 Å². The first-order valence-corrected chi connectivity index (χ1v) is 9.81. The molecule has 0 spiro atoms. The zero-order valence-corrected chi connectivity index (χ0v) is 17.9. The van der Waals surface area contributed by atoms with Crippen LogP contribution in [0.1, 0.15) is 23.9 Å². The molecule has 0 bridgehead atoms. The van der Waals surface area contributed by atoms with Gasteiger partial charge in [0.05, 0.1) is 11.4 Å². The van der Waals surface area contributed by atoms with E-state index in [1.165, 1.54) is 30.0 Å². The number of likely N-dealkylation sites (N-methyl/N-ethyl adjacent to an activating group) is 1. The van der Waals surface area contributed by atoms with Gasteiger partial charge in [-0.3, -0.25) is 4.79 Å². The van der Waals surface area contributed by atoms with E-state index in [2.05, 4.69) is 5.10 Å². The number of halogens is 1. The highest BCUT2D eigenvalue weighted by atomic mass is 19.1. The van der Waals surface area contributed by atoms with Crippen molar-refractivity contribution in [1.82, 2.24) is 9.78 Å². The molecule has 0 N–H and O–H groups in total. The van der Waals surface area contributed by atoms with Crippen molar-refractivity contribution < 1.29 is 18.7 Å². The molecule has 0 radical (unpaired) electrons. The molecule has 0 aliphatic carbocycles. The van der Waals surface area contributed by atoms with Gasteiger partial charge in [0.1, 0.15) is 5.82 Å². The lowest BCUT2D eigenvalue weighted by Crippen LogP contribution is -2.37. The second kappa shape index (κ2) is 9.38. The fourth-order valence-electron chi connectivity index (χ4n) is 3.20. The molecule has 2 aromatic carbocycles. The predicted octanol–water partition coefficient (Wildman–Crippen LogP) is 4.24. The van der Waals surface area contributed by atoms with Crippen molar-refractivity contribution in [3.05, 3.63) is 83.4 Å². The van der Waals surface area contributed by atoms with E-state index in [9.17, 15) is 14.0 Å². The van der Waals surface area contributed by atoms with Crippen LogP contribution in [0, 0.1) is 19.7 Å². The number of carbonyl (C=O) groups is 2. The Bertz CT molecular complexity index is 1110. The fourth-order valence-corrected chi connectivity index (χ4v) is 3.20. The largest absolute Gasteiger partial charge is 0.449 e. The summed E-state index contributed by atoms with van der Waals surface area (Å²) in [5.41, 5.74) is 3.68. The van der Waals surface area contributed by atoms with Crippen LogP contribution in [-0.2, 0) is 14.3 Å². The first kappa shape index (κ1) is 22.0. The van der Waals surface area contributed by atoms with Gasteiger partial charge in [-0.2, -0.15) is 5.10 Å². The molecule has 0 fully saturated rings. The molecule has 1 amide bonds. The molecule has 1 aromatic heterocycles. The van der Waals surface area contributed by atoms with Crippen LogP contribution < -0.4 is 4.90 Å². The number of anilines is 1. The number of rotatable bonds is 6. The van der Waals surface area contributed by atoms with Gasteiger partial charge in [0.25, 0.3) is 5.91 Å². The van der Waals surface area contributed by atoms with Crippen molar-refractivity contribution in [2.24, 2.45) is 0 Å². The molecule has 160 valence electrons. The molecule has 3 aromatic rings. The lowest BCUT2D eigenvalue weighted by molar-refractivity contribution is -0.148. The van der Waals surface area contributed by atoms with Gasteiger partial charge in [0, 0.05) is 30.1 Å². The number of benzene rings is 2. The third-order valence-corrected chi connectivity index (χ3v) is 4.92. The Morgan fingerprint density at radius 1 is 1.10 bits per heavy atom. The van der Waals surface area contributed by atoms with E-state index in [0.717, 1.165) is 11.3 Å². The molecule has 0 saturated heterocycles. The number of ether oxygens (including phenoxy) is 1. The molecule has 0 aliphatic heterocycles. The summed E-state index contributed by atoms with van der Waals surface area (Å²) in [4.78, 5) is 26.3. The van der Waals surface area contributed by atoms with Crippen LogP contribution in [0.4, 0.5) is 10.1 Å². The van der Waals surface area contributed by atoms with Crippen molar-refractivity contribution in [3.63, 3.8) is 0 Å². The standard InChI is InChI=1S/C24H24FN3O3/c1-16-22(17(2)28(26-16)21-12-10-19(25)11-13-21)14-15-23(29)31-18(3)24(30)27(4)20-8-6-5-7-9-20/h5-15,18H,1-4H3/b15-14+. The minimum Gasteiger partial charge on any atom is -0.449 e. The molecule has 1 atom stereocenters. The number of carbonyl (C=O) groups excluding carboxylic acids is 2. The maximum atomic E-state index is 13.2. The summed E-state index contributed by atoms with van der Waals surface area (Å²) in [6, 6.07) is 15.1. The average molecular weight is 421 g/mol. The Hall–Kier alpha value is -3.74. The molecule has 0 saturated carbocycles. The Balaban J connectivity index is 1.68. The maximum absolute atomic E-state index is 13.2. The lowest BCUT2D eigenvalue weighted by Gasteiger charge is -2.21. The molecular formula is C24H24FN3O3. The van der Waals surface area contributed by atoms with Crippen molar-refractivity contribution in [1.29, 1.82) is 0 Å². The first-order valence-electron chi connectivity index (χ1n) is 9.81. The van der Waals surface area contributed by atoms with E-state index in [1.807, 2.05) is 32.0 Å². The van der Waals surface area contributed by atoms with E-state index >= 15 is 0 Å². The Morgan fingerprint density at radius 2 is 1.74 bits per heavy atom. The summed E-state index contributed by atoms with van der Waals surface area (Å²) in [5, 5.41) is 4.46. The number of aryl methyl sites for hydroxylation is 1. The molecule has 31 heavy (non-hydrogen) atoms. The number of aromatic nitrogens is 2.